The lowest BCUT2D eigenvalue weighted by molar-refractivity contribution is -0.123. The molecule has 0 aliphatic carbocycles. The van der Waals surface area contributed by atoms with Crippen molar-refractivity contribution in [1.29, 1.82) is 0 Å². The topological polar surface area (TPSA) is 124 Å². The highest BCUT2D eigenvalue weighted by molar-refractivity contribution is 7.94. The van der Waals surface area contributed by atoms with Crippen LogP contribution in [0.5, 0.6) is 5.75 Å². The van der Waals surface area contributed by atoms with Crippen LogP contribution in [-0.2, 0) is 19.6 Å². The summed E-state index contributed by atoms with van der Waals surface area (Å²) in [5.74, 6) is -0.871. The summed E-state index contributed by atoms with van der Waals surface area (Å²) >= 11 is 1.10. The van der Waals surface area contributed by atoms with Crippen molar-refractivity contribution in [3.63, 3.8) is 0 Å². The van der Waals surface area contributed by atoms with Gasteiger partial charge in [0.25, 0.3) is 15.9 Å². The second-order valence-electron chi connectivity index (χ2n) is 8.30. The summed E-state index contributed by atoms with van der Waals surface area (Å²) in [5, 5.41) is 6.16. The number of esters is 1. The van der Waals surface area contributed by atoms with Gasteiger partial charge in [0.1, 0.15) is 21.1 Å². The number of rotatable bonds is 8. The third kappa shape index (κ3) is 5.06. The van der Waals surface area contributed by atoms with Crippen molar-refractivity contribution >= 4 is 66.5 Å². The number of hydrogen-bond donors (Lipinski definition) is 2. The van der Waals surface area contributed by atoms with E-state index in [9.17, 15) is 18.0 Å². The van der Waals surface area contributed by atoms with E-state index in [1.54, 1.807) is 23.6 Å². The molecule has 0 radical (unpaired) electrons. The van der Waals surface area contributed by atoms with E-state index < -0.39 is 28.0 Å². The third-order valence-corrected chi connectivity index (χ3v) is 8.52. The van der Waals surface area contributed by atoms with Gasteiger partial charge in [-0.25, -0.2) is 13.2 Å². The first-order chi connectivity index (χ1) is 18.2. The van der Waals surface area contributed by atoms with Crippen molar-refractivity contribution in [3.05, 3.63) is 83.7 Å². The lowest BCUT2D eigenvalue weighted by Crippen LogP contribution is -2.30. The van der Waals surface area contributed by atoms with Gasteiger partial charge in [-0.15, -0.1) is 11.3 Å². The summed E-state index contributed by atoms with van der Waals surface area (Å²) < 4.78 is 44.0. The number of hydrogen-bond acceptors (Lipinski definition) is 8. The van der Waals surface area contributed by atoms with E-state index in [-0.39, 0.29) is 15.5 Å². The van der Waals surface area contributed by atoms with Crippen molar-refractivity contribution in [2.75, 3.05) is 17.1 Å². The maximum Gasteiger partial charge on any atom is 0.338 e. The summed E-state index contributed by atoms with van der Waals surface area (Å²) in [7, 11) is -2.22. The number of sulfonamides is 1. The van der Waals surface area contributed by atoms with E-state index in [0.717, 1.165) is 22.1 Å². The molecule has 0 spiro atoms. The number of thiophene rings is 1. The van der Waals surface area contributed by atoms with E-state index in [0.29, 0.717) is 22.6 Å². The van der Waals surface area contributed by atoms with Crippen molar-refractivity contribution in [1.82, 2.24) is 0 Å². The number of fused-ring (bicyclic) bond motifs is 3. The fourth-order valence-electron chi connectivity index (χ4n) is 3.83. The molecular formula is C27H22N2O7S2. The molecule has 0 aliphatic rings. The average Bonchev–Trinajstić information content (AvgIpc) is 3.57. The number of benzene rings is 3. The molecule has 5 aromatic rings. The average molecular weight is 551 g/mol. The van der Waals surface area contributed by atoms with Crippen LogP contribution in [0, 0.1) is 0 Å². The number of carbonyl (C=O) groups excluding carboxylic acids is 2. The smallest absolute Gasteiger partial charge is 0.338 e. The van der Waals surface area contributed by atoms with Crippen LogP contribution < -0.4 is 14.8 Å². The number of furan rings is 1. The second kappa shape index (κ2) is 10.2. The summed E-state index contributed by atoms with van der Waals surface area (Å²) in [6.45, 7) is 1.45. The SMILES string of the molecule is COc1cc2c(cc1NC(=O)[C@@H](C)OC(=O)c1ccc(NS(=O)(=O)c3cccs3)cc1)oc1ccccc12. The Balaban J connectivity index is 1.25. The van der Waals surface area contributed by atoms with Crippen LogP contribution in [0.1, 0.15) is 17.3 Å². The number of amides is 1. The summed E-state index contributed by atoms with van der Waals surface area (Å²) in [5.41, 5.74) is 2.09. The third-order valence-electron chi connectivity index (χ3n) is 5.74. The van der Waals surface area contributed by atoms with Gasteiger partial charge >= 0.3 is 5.97 Å². The fourth-order valence-corrected chi connectivity index (χ4v) is 5.88. The van der Waals surface area contributed by atoms with E-state index in [1.807, 2.05) is 24.3 Å². The molecule has 194 valence electrons. The summed E-state index contributed by atoms with van der Waals surface area (Å²) in [6, 6.07) is 19.9. The highest BCUT2D eigenvalue weighted by Crippen LogP contribution is 2.36. The van der Waals surface area contributed by atoms with E-state index in [1.165, 1.54) is 44.4 Å². The Kier molecular flexibility index (Phi) is 6.79. The molecule has 0 unspecified atom stereocenters. The number of carbonyl (C=O) groups is 2. The van der Waals surface area contributed by atoms with Gasteiger partial charge in [0.15, 0.2) is 6.10 Å². The van der Waals surface area contributed by atoms with Gasteiger partial charge in [-0.05, 0) is 54.8 Å². The first kappa shape index (κ1) is 25.3. The van der Waals surface area contributed by atoms with E-state index in [2.05, 4.69) is 10.0 Å². The minimum absolute atomic E-state index is 0.157. The second-order valence-corrected chi connectivity index (χ2v) is 11.2. The van der Waals surface area contributed by atoms with Crippen LogP contribution in [0.25, 0.3) is 21.9 Å². The van der Waals surface area contributed by atoms with Crippen LogP contribution in [0.15, 0.2) is 86.8 Å². The zero-order chi connectivity index (χ0) is 26.9. The maximum absolute atomic E-state index is 12.8. The van der Waals surface area contributed by atoms with Crippen molar-refractivity contribution in [2.45, 2.75) is 17.2 Å². The Morgan fingerprint density at radius 3 is 2.42 bits per heavy atom. The van der Waals surface area contributed by atoms with Crippen LogP contribution >= 0.6 is 11.3 Å². The summed E-state index contributed by atoms with van der Waals surface area (Å²) in [6.07, 6.45) is -1.13. The van der Waals surface area contributed by atoms with Crippen LogP contribution in [-0.4, -0.2) is 33.5 Å². The predicted molar refractivity (Wildman–Crippen MR) is 145 cm³/mol. The molecule has 5 rings (SSSR count). The monoisotopic (exact) mass is 550 g/mol. The van der Waals surface area contributed by atoms with Crippen LogP contribution in [0.4, 0.5) is 11.4 Å². The fraction of sp³-hybridized carbons (Fsp3) is 0.111. The molecule has 2 N–H and O–H groups in total. The molecule has 3 aromatic carbocycles. The van der Waals surface area contributed by atoms with Crippen molar-refractivity contribution < 1.29 is 31.9 Å². The van der Waals surface area contributed by atoms with Gasteiger partial charge in [-0.3, -0.25) is 9.52 Å². The van der Waals surface area contributed by atoms with Gasteiger partial charge in [0.05, 0.1) is 18.4 Å². The van der Waals surface area contributed by atoms with Crippen LogP contribution in [0.3, 0.4) is 0 Å². The normalized spacial score (nSPS) is 12.3. The van der Waals surface area contributed by atoms with E-state index in [4.69, 9.17) is 13.9 Å². The van der Waals surface area contributed by atoms with Gasteiger partial charge in [-0.2, -0.15) is 0 Å². The quantitative estimate of drug-likeness (QED) is 0.240. The standard InChI is InChI=1S/C27H22N2O7S2/c1-16(35-27(31)17-9-11-18(12-10-17)29-38(32,33)25-8-5-13-37-25)26(30)28-21-15-23-20(14-24(21)34-2)19-6-3-4-7-22(19)36-23/h3-16,29H,1-2H3,(H,28,30)/t16-/m1/s1. The molecule has 9 nitrogen and oxygen atoms in total. The zero-order valence-electron chi connectivity index (χ0n) is 20.3. The van der Waals surface area contributed by atoms with E-state index >= 15 is 0 Å². The van der Waals surface area contributed by atoms with Gasteiger partial charge in [0, 0.05) is 22.5 Å². The molecule has 0 fully saturated rings. The molecule has 0 saturated carbocycles. The minimum atomic E-state index is -3.71. The van der Waals surface area contributed by atoms with Gasteiger partial charge in [-0.1, -0.05) is 24.3 Å². The number of methoxy groups -OCH3 is 1. The minimum Gasteiger partial charge on any atom is -0.495 e. The lowest BCUT2D eigenvalue weighted by Gasteiger charge is -2.15. The first-order valence-corrected chi connectivity index (χ1v) is 13.8. The zero-order valence-corrected chi connectivity index (χ0v) is 21.9. The Labute approximate surface area is 222 Å². The molecule has 38 heavy (non-hydrogen) atoms. The largest absolute Gasteiger partial charge is 0.495 e. The molecule has 1 atom stereocenters. The van der Waals surface area contributed by atoms with Gasteiger partial charge < -0.3 is 19.2 Å². The highest BCUT2D eigenvalue weighted by atomic mass is 32.2. The van der Waals surface area contributed by atoms with Crippen LogP contribution in [0.2, 0.25) is 0 Å². The molecule has 0 aliphatic heterocycles. The number of anilines is 2. The van der Waals surface area contributed by atoms with Crippen molar-refractivity contribution in [3.8, 4) is 5.75 Å². The maximum atomic E-state index is 12.8. The highest BCUT2D eigenvalue weighted by Gasteiger charge is 2.22. The number of nitrogens with one attached hydrogen (secondary N) is 2. The molecular weight excluding hydrogens is 528 g/mol. The number of ether oxygens (including phenoxy) is 2. The summed E-state index contributed by atoms with van der Waals surface area (Å²) in [4.78, 5) is 25.4. The first-order valence-electron chi connectivity index (χ1n) is 11.4. The Bertz CT molecular complexity index is 1740. The molecule has 1 amide bonds. The Morgan fingerprint density at radius 1 is 0.947 bits per heavy atom. The molecule has 11 heteroatoms. The molecule has 2 heterocycles. The molecule has 0 bridgehead atoms. The number of para-hydroxylation sites is 1. The lowest BCUT2D eigenvalue weighted by atomic mass is 10.1. The predicted octanol–water partition coefficient (Wildman–Crippen LogP) is 5.64. The Hall–Kier alpha value is -4.35. The van der Waals surface area contributed by atoms with Crippen molar-refractivity contribution in [2.24, 2.45) is 0 Å². The van der Waals surface area contributed by atoms with Gasteiger partial charge in [0.2, 0.25) is 0 Å². The molecule has 2 aromatic heterocycles. The Morgan fingerprint density at radius 2 is 1.71 bits per heavy atom. The molecule has 0 saturated heterocycles.